The van der Waals surface area contributed by atoms with Gasteiger partial charge in [0.05, 0.1) is 12.7 Å². The van der Waals surface area contributed by atoms with Gasteiger partial charge in [-0.3, -0.25) is 0 Å². The summed E-state index contributed by atoms with van der Waals surface area (Å²) in [4.78, 5) is 3.85. The molecule has 0 unspecified atom stereocenters. The van der Waals surface area contributed by atoms with Crippen LogP contribution in [0.15, 0.2) is 41.3 Å². The van der Waals surface area contributed by atoms with Crippen molar-refractivity contribution in [1.82, 2.24) is 10.3 Å². The first-order valence-electron chi connectivity index (χ1n) is 4.98. The Kier molecular flexibility index (Phi) is 3.15. The van der Waals surface area contributed by atoms with Crippen molar-refractivity contribution in [3.63, 3.8) is 0 Å². The van der Waals surface area contributed by atoms with E-state index in [2.05, 4.69) is 41.5 Å². The third kappa shape index (κ3) is 2.92. The molecule has 3 nitrogen and oxygen atoms in total. The minimum absolute atomic E-state index is 0.716. The first-order valence-corrected chi connectivity index (χ1v) is 4.98. The molecule has 0 saturated heterocycles. The Morgan fingerprint density at radius 1 is 1.20 bits per heavy atom. The van der Waals surface area contributed by atoms with E-state index in [4.69, 9.17) is 4.42 Å². The highest BCUT2D eigenvalue weighted by atomic mass is 16.3. The average molecular weight is 202 g/mol. The molecule has 0 aliphatic carbocycles. The van der Waals surface area contributed by atoms with E-state index in [0.717, 1.165) is 12.3 Å². The number of hydrogen-bond acceptors (Lipinski definition) is 3. The summed E-state index contributed by atoms with van der Waals surface area (Å²) in [5, 5.41) is 3.29. The molecule has 2 rings (SSSR count). The summed E-state index contributed by atoms with van der Waals surface area (Å²) >= 11 is 0. The summed E-state index contributed by atoms with van der Waals surface area (Å²) in [6.07, 6.45) is 3.17. The van der Waals surface area contributed by atoms with Gasteiger partial charge in [-0.25, -0.2) is 4.98 Å². The molecule has 3 heteroatoms. The molecule has 0 bridgehead atoms. The molecule has 0 spiro atoms. The summed E-state index contributed by atoms with van der Waals surface area (Å²) in [6, 6.07) is 8.49. The number of hydrogen-bond donors (Lipinski definition) is 1. The third-order valence-electron chi connectivity index (χ3n) is 2.23. The fraction of sp³-hybridized carbons (Fsp3) is 0.250. The van der Waals surface area contributed by atoms with Gasteiger partial charge in [-0.05, 0) is 12.5 Å². The van der Waals surface area contributed by atoms with Gasteiger partial charge in [0.2, 0.25) is 0 Å². The van der Waals surface area contributed by atoms with Crippen molar-refractivity contribution in [3.05, 3.63) is 53.7 Å². The Labute approximate surface area is 89.1 Å². The predicted molar refractivity (Wildman–Crippen MR) is 58.2 cm³/mol. The van der Waals surface area contributed by atoms with E-state index < -0.39 is 0 Å². The number of rotatable bonds is 4. The van der Waals surface area contributed by atoms with Crippen molar-refractivity contribution in [2.75, 3.05) is 0 Å². The molecule has 2 aromatic rings. The largest absolute Gasteiger partial charge is 0.447 e. The van der Waals surface area contributed by atoms with Crippen LogP contribution in [-0.4, -0.2) is 4.98 Å². The molecule has 0 atom stereocenters. The van der Waals surface area contributed by atoms with E-state index in [-0.39, 0.29) is 0 Å². The lowest BCUT2D eigenvalue weighted by atomic mass is 10.1. The van der Waals surface area contributed by atoms with Crippen LogP contribution < -0.4 is 5.32 Å². The molecular weight excluding hydrogens is 188 g/mol. The first kappa shape index (κ1) is 9.93. The Balaban J connectivity index is 1.81. The number of nitrogens with zero attached hydrogens (tertiary/aromatic N) is 1. The topological polar surface area (TPSA) is 38.1 Å². The predicted octanol–water partition coefficient (Wildman–Crippen LogP) is 2.27. The lowest BCUT2D eigenvalue weighted by Gasteiger charge is -2.02. The maximum Gasteiger partial charge on any atom is 0.180 e. The van der Waals surface area contributed by atoms with Crippen LogP contribution in [0.2, 0.25) is 0 Å². The first-order chi connectivity index (χ1) is 7.34. The average Bonchev–Trinajstić information content (AvgIpc) is 2.74. The van der Waals surface area contributed by atoms with Gasteiger partial charge >= 0.3 is 0 Å². The molecule has 0 fully saturated rings. The van der Waals surface area contributed by atoms with Gasteiger partial charge in [-0.15, -0.1) is 0 Å². The van der Waals surface area contributed by atoms with Crippen LogP contribution in [-0.2, 0) is 13.1 Å². The van der Waals surface area contributed by atoms with Crippen molar-refractivity contribution in [2.45, 2.75) is 20.0 Å². The van der Waals surface area contributed by atoms with Crippen molar-refractivity contribution in [1.29, 1.82) is 0 Å². The van der Waals surface area contributed by atoms with E-state index in [1.165, 1.54) is 17.5 Å². The van der Waals surface area contributed by atoms with Crippen molar-refractivity contribution < 1.29 is 4.42 Å². The van der Waals surface area contributed by atoms with Gasteiger partial charge in [0.1, 0.15) is 5.76 Å². The number of aryl methyl sites for hydroxylation is 1. The highest BCUT2D eigenvalue weighted by Gasteiger charge is 1.96. The zero-order valence-electron chi connectivity index (χ0n) is 8.73. The summed E-state index contributed by atoms with van der Waals surface area (Å²) in [5.41, 5.74) is 2.56. The van der Waals surface area contributed by atoms with Gasteiger partial charge in [0.25, 0.3) is 0 Å². The van der Waals surface area contributed by atoms with Crippen LogP contribution in [0, 0.1) is 6.92 Å². The number of oxazole rings is 1. The van der Waals surface area contributed by atoms with Crippen molar-refractivity contribution in [2.24, 2.45) is 0 Å². The second kappa shape index (κ2) is 4.75. The quantitative estimate of drug-likeness (QED) is 0.826. The van der Waals surface area contributed by atoms with Gasteiger partial charge in [0.15, 0.2) is 6.39 Å². The molecule has 1 aromatic carbocycles. The molecule has 15 heavy (non-hydrogen) atoms. The Bertz CT molecular complexity index is 392. The summed E-state index contributed by atoms with van der Waals surface area (Å²) in [5.74, 6) is 0.863. The SMILES string of the molecule is Cc1ccc(CNCc2cnco2)cc1. The van der Waals surface area contributed by atoms with Crippen LogP contribution in [0.5, 0.6) is 0 Å². The van der Waals surface area contributed by atoms with Crippen molar-refractivity contribution >= 4 is 0 Å². The Hall–Kier alpha value is -1.61. The molecule has 0 amide bonds. The van der Waals surface area contributed by atoms with Crippen LogP contribution in [0.25, 0.3) is 0 Å². The Morgan fingerprint density at radius 2 is 2.00 bits per heavy atom. The van der Waals surface area contributed by atoms with E-state index in [1.807, 2.05) is 0 Å². The van der Waals surface area contributed by atoms with Gasteiger partial charge in [0, 0.05) is 6.54 Å². The molecule has 1 aromatic heterocycles. The summed E-state index contributed by atoms with van der Waals surface area (Å²) in [6.45, 7) is 3.65. The van der Waals surface area contributed by atoms with Crippen LogP contribution in [0.3, 0.4) is 0 Å². The molecule has 1 N–H and O–H groups in total. The lowest BCUT2D eigenvalue weighted by Crippen LogP contribution is -2.11. The maximum absolute atomic E-state index is 5.12. The van der Waals surface area contributed by atoms with Crippen molar-refractivity contribution in [3.8, 4) is 0 Å². The highest BCUT2D eigenvalue weighted by molar-refractivity contribution is 5.21. The second-order valence-electron chi connectivity index (χ2n) is 3.56. The molecular formula is C12H14N2O. The summed E-state index contributed by atoms with van der Waals surface area (Å²) in [7, 11) is 0. The summed E-state index contributed by atoms with van der Waals surface area (Å²) < 4.78 is 5.12. The molecule has 0 saturated carbocycles. The van der Waals surface area contributed by atoms with E-state index in [9.17, 15) is 0 Å². The Morgan fingerprint density at radius 3 is 2.67 bits per heavy atom. The van der Waals surface area contributed by atoms with Gasteiger partial charge in [-0.2, -0.15) is 0 Å². The van der Waals surface area contributed by atoms with Gasteiger partial charge in [-0.1, -0.05) is 29.8 Å². The molecule has 1 heterocycles. The molecule has 0 radical (unpaired) electrons. The number of nitrogens with one attached hydrogen (secondary N) is 1. The standard InChI is InChI=1S/C12H14N2O/c1-10-2-4-11(5-3-10)6-13-7-12-8-14-9-15-12/h2-5,8-9,13H,6-7H2,1H3. The zero-order chi connectivity index (χ0) is 10.5. The molecule has 0 aliphatic heterocycles. The van der Waals surface area contributed by atoms with E-state index in [1.54, 1.807) is 6.20 Å². The van der Waals surface area contributed by atoms with Gasteiger partial charge < -0.3 is 9.73 Å². The number of benzene rings is 1. The fourth-order valence-corrected chi connectivity index (χ4v) is 1.37. The highest BCUT2D eigenvalue weighted by Crippen LogP contribution is 2.03. The maximum atomic E-state index is 5.12. The minimum atomic E-state index is 0.716. The zero-order valence-corrected chi connectivity index (χ0v) is 8.73. The van der Waals surface area contributed by atoms with E-state index >= 15 is 0 Å². The van der Waals surface area contributed by atoms with Crippen LogP contribution in [0.1, 0.15) is 16.9 Å². The number of aromatic nitrogens is 1. The third-order valence-corrected chi connectivity index (χ3v) is 2.23. The van der Waals surface area contributed by atoms with Crippen LogP contribution >= 0.6 is 0 Å². The minimum Gasteiger partial charge on any atom is -0.447 e. The normalized spacial score (nSPS) is 10.5. The second-order valence-corrected chi connectivity index (χ2v) is 3.56. The van der Waals surface area contributed by atoms with Crippen LogP contribution in [0.4, 0.5) is 0 Å². The van der Waals surface area contributed by atoms with E-state index in [0.29, 0.717) is 6.54 Å². The molecule has 0 aliphatic rings. The molecule has 78 valence electrons. The smallest absolute Gasteiger partial charge is 0.180 e. The lowest BCUT2D eigenvalue weighted by molar-refractivity contribution is 0.479. The monoisotopic (exact) mass is 202 g/mol. The fourth-order valence-electron chi connectivity index (χ4n) is 1.37.